The van der Waals surface area contributed by atoms with Gasteiger partial charge < -0.3 is 18.8 Å². The second-order valence-corrected chi connectivity index (χ2v) is 5.24. The van der Waals surface area contributed by atoms with E-state index in [0.29, 0.717) is 25.5 Å². The second kappa shape index (κ2) is 10.8. The standard InChI is InChI=1S/C16H26N2O5/c1-4-5-6-7-8-15(19)18(9-10-21-2)11-14-17-13(12-23-14)16(20)22-3/h12H,4-11H2,1-3H3. The fraction of sp³-hybridized carbons (Fsp3) is 0.688. The number of amides is 1. The highest BCUT2D eigenvalue weighted by Gasteiger charge is 2.18. The Morgan fingerprint density at radius 2 is 2.04 bits per heavy atom. The third-order valence-corrected chi connectivity index (χ3v) is 3.43. The van der Waals surface area contributed by atoms with Crippen molar-refractivity contribution in [3.63, 3.8) is 0 Å². The van der Waals surface area contributed by atoms with Gasteiger partial charge in [0, 0.05) is 20.1 Å². The maximum Gasteiger partial charge on any atom is 0.360 e. The lowest BCUT2D eigenvalue weighted by molar-refractivity contribution is -0.132. The summed E-state index contributed by atoms with van der Waals surface area (Å²) in [5.41, 5.74) is 0.101. The minimum absolute atomic E-state index is 0.0379. The maximum atomic E-state index is 12.3. The van der Waals surface area contributed by atoms with E-state index in [1.165, 1.54) is 13.4 Å². The molecule has 1 rings (SSSR count). The van der Waals surface area contributed by atoms with Crippen LogP contribution in [0.3, 0.4) is 0 Å². The first-order chi connectivity index (χ1) is 11.1. The van der Waals surface area contributed by atoms with Gasteiger partial charge in [-0.25, -0.2) is 9.78 Å². The van der Waals surface area contributed by atoms with Gasteiger partial charge in [0.25, 0.3) is 0 Å². The van der Waals surface area contributed by atoms with Crippen LogP contribution >= 0.6 is 0 Å². The minimum Gasteiger partial charge on any atom is -0.464 e. The Balaban J connectivity index is 2.60. The minimum atomic E-state index is -0.561. The van der Waals surface area contributed by atoms with Gasteiger partial charge >= 0.3 is 5.97 Å². The summed E-state index contributed by atoms with van der Waals surface area (Å²) in [6.45, 7) is 3.24. The van der Waals surface area contributed by atoms with Crippen LogP contribution in [0.15, 0.2) is 10.7 Å². The van der Waals surface area contributed by atoms with Crippen molar-refractivity contribution in [2.75, 3.05) is 27.4 Å². The summed E-state index contributed by atoms with van der Waals surface area (Å²) in [6, 6.07) is 0. The molecule has 0 aromatic carbocycles. The molecular formula is C16H26N2O5. The molecule has 0 radical (unpaired) electrons. The molecule has 7 heteroatoms. The Labute approximate surface area is 136 Å². The van der Waals surface area contributed by atoms with Crippen LogP contribution in [0.4, 0.5) is 0 Å². The van der Waals surface area contributed by atoms with Crippen LogP contribution < -0.4 is 0 Å². The zero-order valence-electron chi connectivity index (χ0n) is 14.2. The Kier molecular flexibility index (Phi) is 8.97. The highest BCUT2D eigenvalue weighted by Crippen LogP contribution is 2.10. The van der Waals surface area contributed by atoms with Gasteiger partial charge in [0.05, 0.1) is 20.3 Å². The van der Waals surface area contributed by atoms with Crippen LogP contribution in [0.1, 0.15) is 55.4 Å². The maximum absolute atomic E-state index is 12.3. The SMILES string of the molecule is CCCCCCC(=O)N(CCOC)Cc1nc(C(=O)OC)co1. The van der Waals surface area contributed by atoms with E-state index >= 15 is 0 Å². The largest absolute Gasteiger partial charge is 0.464 e. The summed E-state index contributed by atoms with van der Waals surface area (Å²) >= 11 is 0. The lowest BCUT2D eigenvalue weighted by Gasteiger charge is -2.20. The number of carbonyl (C=O) groups excluding carboxylic acids is 2. The number of nitrogens with zero attached hydrogens (tertiary/aromatic N) is 2. The number of hydrogen-bond donors (Lipinski definition) is 0. The van der Waals surface area contributed by atoms with E-state index in [2.05, 4.69) is 16.6 Å². The predicted molar refractivity (Wildman–Crippen MR) is 83.9 cm³/mol. The van der Waals surface area contributed by atoms with Gasteiger partial charge in [-0.15, -0.1) is 0 Å². The third-order valence-electron chi connectivity index (χ3n) is 3.43. The zero-order valence-corrected chi connectivity index (χ0v) is 14.2. The first-order valence-electron chi connectivity index (χ1n) is 7.91. The molecule has 0 unspecified atom stereocenters. The molecule has 0 aliphatic heterocycles. The Morgan fingerprint density at radius 3 is 2.70 bits per heavy atom. The van der Waals surface area contributed by atoms with Crippen molar-refractivity contribution < 1.29 is 23.5 Å². The van der Waals surface area contributed by atoms with Crippen molar-refractivity contribution in [2.45, 2.75) is 45.6 Å². The summed E-state index contributed by atoms with van der Waals surface area (Å²) in [7, 11) is 2.87. The Bertz CT molecular complexity index is 487. The van der Waals surface area contributed by atoms with Crippen molar-refractivity contribution in [1.82, 2.24) is 9.88 Å². The zero-order chi connectivity index (χ0) is 17.1. The fourth-order valence-corrected chi connectivity index (χ4v) is 2.10. The molecule has 0 aliphatic carbocycles. The summed E-state index contributed by atoms with van der Waals surface area (Å²) in [5, 5.41) is 0. The summed E-state index contributed by atoms with van der Waals surface area (Å²) in [6.07, 6.45) is 5.92. The van der Waals surface area contributed by atoms with Crippen molar-refractivity contribution >= 4 is 11.9 Å². The molecule has 0 fully saturated rings. The van der Waals surface area contributed by atoms with Crippen molar-refractivity contribution in [2.24, 2.45) is 0 Å². The number of oxazole rings is 1. The van der Waals surface area contributed by atoms with E-state index in [9.17, 15) is 9.59 Å². The van der Waals surface area contributed by atoms with Gasteiger partial charge in [-0.1, -0.05) is 26.2 Å². The van der Waals surface area contributed by atoms with Crippen molar-refractivity contribution in [3.05, 3.63) is 17.8 Å². The molecule has 130 valence electrons. The second-order valence-electron chi connectivity index (χ2n) is 5.24. The summed E-state index contributed by atoms with van der Waals surface area (Å²) < 4.78 is 14.9. The smallest absolute Gasteiger partial charge is 0.360 e. The number of methoxy groups -OCH3 is 2. The van der Waals surface area contributed by atoms with Gasteiger partial charge in [0.2, 0.25) is 11.8 Å². The van der Waals surface area contributed by atoms with Crippen LogP contribution in [-0.4, -0.2) is 49.1 Å². The number of esters is 1. The molecule has 0 saturated carbocycles. The van der Waals surface area contributed by atoms with E-state index in [1.807, 2.05) is 0 Å². The van der Waals surface area contributed by atoms with Crippen molar-refractivity contribution in [1.29, 1.82) is 0 Å². The van der Waals surface area contributed by atoms with Gasteiger partial charge in [-0.05, 0) is 6.42 Å². The molecule has 0 atom stereocenters. The number of rotatable bonds is 11. The number of unbranched alkanes of at least 4 members (excludes halogenated alkanes) is 3. The van der Waals surface area contributed by atoms with E-state index in [-0.39, 0.29) is 18.1 Å². The van der Waals surface area contributed by atoms with Crippen LogP contribution in [-0.2, 0) is 20.8 Å². The van der Waals surface area contributed by atoms with Crippen LogP contribution in [0.5, 0.6) is 0 Å². The molecule has 1 heterocycles. The molecular weight excluding hydrogens is 300 g/mol. The average Bonchev–Trinajstić information content (AvgIpc) is 3.03. The number of hydrogen-bond acceptors (Lipinski definition) is 6. The molecule has 23 heavy (non-hydrogen) atoms. The van der Waals surface area contributed by atoms with E-state index in [1.54, 1.807) is 12.0 Å². The molecule has 7 nitrogen and oxygen atoms in total. The predicted octanol–water partition coefficient (Wildman–Crippen LogP) is 2.41. The first-order valence-corrected chi connectivity index (χ1v) is 7.91. The lowest BCUT2D eigenvalue weighted by atomic mass is 10.1. The van der Waals surface area contributed by atoms with Crippen LogP contribution in [0.25, 0.3) is 0 Å². The third kappa shape index (κ3) is 6.81. The van der Waals surface area contributed by atoms with E-state index in [4.69, 9.17) is 9.15 Å². The number of aromatic nitrogens is 1. The number of ether oxygens (including phenoxy) is 2. The highest BCUT2D eigenvalue weighted by molar-refractivity contribution is 5.86. The molecule has 1 aromatic heterocycles. The lowest BCUT2D eigenvalue weighted by Crippen LogP contribution is -2.33. The van der Waals surface area contributed by atoms with Crippen molar-refractivity contribution in [3.8, 4) is 0 Å². The summed E-state index contributed by atoms with van der Waals surface area (Å²) in [5.74, 6) is -0.214. The van der Waals surface area contributed by atoms with Gasteiger partial charge in [0.1, 0.15) is 6.26 Å². The molecule has 1 amide bonds. The van der Waals surface area contributed by atoms with Gasteiger partial charge in [0.15, 0.2) is 5.69 Å². The fourth-order valence-electron chi connectivity index (χ4n) is 2.10. The van der Waals surface area contributed by atoms with Gasteiger partial charge in [-0.3, -0.25) is 4.79 Å². The molecule has 0 spiro atoms. The summed E-state index contributed by atoms with van der Waals surface area (Å²) in [4.78, 5) is 29.4. The molecule has 1 aromatic rings. The van der Waals surface area contributed by atoms with Gasteiger partial charge in [-0.2, -0.15) is 0 Å². The molecule has 0 saturated heterocycles. The monoisotopic (exact) mass is 326 g/mol. The average molecular weight is 326 g/mol. The quantitative estimate of drug-likeness (QED) is 0.459. The normalized spacial score (nSPS) is 10.6. The number of carbonyl (C=O) groups is 2. The molecule has 0 aliphatic rings. The first kappa shape index (κ1) is 19.2. The Hall–Kier alpha value is -1.89. The van der Waals surface area contributed by atoms with Crippen LogP contribution in [0.2, 0.25) is 0 Å². The van der Waals surface area contributed by atoms with E-state index < -0.39 is 5.97 Å². The Morgan fingerprint density at radius 1 is 1.26 bits per heavy atom. The van der Waals surface area contributed by atoms with Crippen LogP contribution in [0, 0.1) is 0 Å². The van der Waals surface area contributed by atoms with E-state index in [0.717, 1.165) is 25.7 Å². The topological polar surface area (TPSA) is 81.9 Å². The molecule has 0 bridgehead atoms. The highest BCUT2D eigenvalue weighted by atomic mass is 16.5. The molecule has 0 N–H and O–H groups in total.